The third-order valence-corrected chi connectivity index (χ3v) is 6.89. The number of fused-ring (bicyclic) bond motifs is 4. The Morgan fingerprint density at radius 3 is 2.27 bits per heavy atom. The molecule has 1 atom stereocenters. The maximum absolute atomic E-state index is 13.6. The Morgan fingerprint density at radius 1 is 0.758 bits per heavy atom. The van der Waals surface area contributed by atoms with Crippen LogP contribution < -0.4 is 4.90 Å². The second kappa shape index (κ2) is 7.90. The van der Waals surface area contributed by atoms with E-state index in [9.17, 15) is 4.79 Å². The first-order valence-electron chi connectivity index (χ1n) is 11.5. The molecule has 2 heteroatoms. The van der Waals surface area contributed by atoms with E-state index in [0.717, 1.165) is 11.3 Å². The number of anilines is 1. The van der Waals surface area contributed by atoms with E-state index in [1.807, 2.05) is 4.90 Å². The van der Waals surface area contributed by atoms with Gasteiger partial charge in [-0.05, 0) is 51.2 Å². The molecule has 0 radical (unpaired) electrons. The first-order valence-corrected chi connectivity index (χ1v) is 11.5. The molecule has 1 amide bonds. The van der Waals surface area contributed by atoms with Gasteiger partial charge in [0, 0.05) is 18.0 Å². The van der Waals surface area contributed by atoms with Crippen LogP contribution in [0.1, 0.15) is 34.6 Å². The zero-order valence-electron chi connectivity index (χ0n) is 18.7. The van der Waals surface area contributed by atoms with Crippen LogP contribution in [0.2, 0.25) is 0 Å². The van der Waals surface area contributed by atoms with Gasteiger partial charge in [0.2, 0.25) is 5.91 Å². The summed E-state index contributed by atoms with van der Waals surface area (Å²) in [5, 5.41) is 4.89. The minimum Gasteiger partial charge on any atom is -0.308 e. The lowest BCUT2D eigenvalue weighted by Crippen LogP contribution is -2.36. The number of amides is 1. The molecular formula is C31H25NO. The van der Waals surface area contributed by atoms with Gasteiger partial charge in [-0.3, -0.25) is 4.79 Å². The number of hydrogen-bond donors (Lipinski definition) is 0. The highest BCUT2D eigenvalue weighted by Gasteiger charge is 2.34. The number of carbonyl (C=O) groups excluding carboxylic acids is 1. The third kappa shape index (κ3) is 3.39. The van der Waals surface area contributed by atoms with Crippen LogP contribution in [0.25, 0.3) is 21.5 Å². The maximum atomic E-state index is 13.6. The van der Waals surface area contributed by atoms with Gasteiger partial charge < -0.3 is 4.90 Å². The fourth-order valence-corrected chi connectivity index (χ4v) is 5.39. The molecule has 5 aromatic rings. The first-order chi connectivity index (χ1) is 16.2. The topological polar surface area (TPSA) is 20.3 Å². The molecule has 0 aliphatic carbocycles. The van der Waals surface area contributed by atoms with Crippen molar-refractivity contribution in [3.05, 3.63) is 125 Å². The number of rotatable bonds is 3. The molecule has 0 bridgehead atoms. The van der Waals surface area contributed by atoms with E-state index in [2.05, 4.69) is 110 Å². The summed E-state index contributed by atoms with van der Waals surface area (Å²) in [5.74, 6) is 0.204. The molecule has 0 saturated carbocycles. The molecule has 2 nitrogen and oxygen atoms in total. The molecule has 1 aliphatic rings. The predicted molar refractivity (Wildman–Crippen MR) is 137 cm³/mol. The van der Waals surface area contributed by atoms with Crippen LogP contribution >= 0.6 is 0 Å². The predicted octanol–water partition coefficient (Wildman–Crippen LogP) is 7.37. The van der Waals surface area contributed by atoms with Gasteiger partial charge in [0.1, 0.15) is 0 Å². The molecule has 0 spiro atoms. The van der Waals surface area contributed by atoms with Gasteiger partial charge >= 0.3 is 0 Å². The monoisotopic (exact) mass is 427 g/mol. The fraction of sp³-hybridized carbons (Fsp3) is 0.129. The van der Waals surface area contributed by atoms with Gasteiger partial charge in [-0.15, -0.1) is 0 Å². The molecule has 6 rings (SSSR count). The van der Waals surface area contributed by atoms with Gasteiger partial charge in [-0.1, -0.05) is 103 Å². The van der Waals surface area contributed by atoms with Crippen LogP contribution in [0.5, 0.6) is 0 Å². The van der Waals surface area contributed by atoms with Gasteiger partial charge in [-0.2, -0.15) is 0 Å². The Labute approximate surface area is 194 Å². The first kappa shape index (κ1) is 19.8. The number of carbonyl (C=O) groups is 1. The zero-order chi connectivity index (χ0) is 22.4. The molecule has 0 saturated heterocycles. The quantitative estimate of drug-likeness (QED) is 0.294. The van der Waals surface area contributed by atoms with E-state index < -0.39 is 0 Å². The maximum Gasteiger partial charge on any atom is 0.228 e. The van der Waals surface area contributed by atoms with Crippen molar-refractivity contribution in [2.75, 3.05) is 4.90 Å². The second-order valence-electron chi connectivity index (χ2n) is 9.01. The average molecular weight is 428 g/mol. The smallest absolute Gasteiger partial charge is 0.228 e. The van der Waals surface area contributed by atoms with Crippen molar-refractivity contribution in [3.63, 3.8) is 0 Å². The van der Waals surface area contributed by atoms with Gasteiger partial charge in [-0.25, -0.2) is 0 Å². The number of hydrogen-bond acceptors (Lipinski definition) is 1. The Morgan fingerprint density at radius 2 is 1.45 bits per heavy atom. The van der Waals surface area contributed by atoms with Gasteiger partial charge in [0.05, 0.1) is 6.54 Å². The molecule has 160 valence electrons. The van der Waals surface area contributed by atoms with Crippen molar-refractivity contribution in [1.82, 2.24) is 0 Å². The Kier molecular flexibility index (Phi) is 4.73. The van der Waals surface area contributed by atoms with E-state index >= 15 is 0 Å². The molecule has 5 aromatic carbocycles. The van der Waals surface area contributed by atoms with Crippen molar-refractivity contribution < 1.29 is 4.79 Å². The SMILES string of the molecule is Cc1cccc(CN2C(=O)CC(c3cccc4ccccc34)c3c2ccc2ccccc32)c1. The van der Waals surface area contributed by atoms with Gasteiger partial charge in [0.15, 0.2) is 0 Å². The molecule has 0 aromatic heterocycles. The molecule has 0 fully saturated rings. The van der Waals surface area contributed by atoms with Gasteiger partial charge in [0.25, 0.3) is 0 Å². The van der Waals surface area contributed by atoms with E-state index in [1.54, 1.807) is 0 Å². The van der Waals surface area contributed by atoms with Crippen molar-refractivity contribution in [3.8, 4) is 0 Å². The number of aryl methyl sites for hydroxylation is 1. The average Bonchev–Trinajstić information content (AvgIpc) is 2.85. The van der Waals surface area contributed by atoms with Crippen LogP contribution in [0, 0.1) is 6.92 Å². The summed E-state index contributed by atoms with van der Waals surface area (Å²) in [6.07, 6.45) is 0.473. The van der Waals surface area contributed by atoms with E-state index in [1.165, 1.54) is 38.2 Å². The van der Waals surface area contributed by atoms with Crippen molar-refractivity contribution >= 4 is 33.1 Å². The summed E-state index contributed by atoms with van der Waals surface area (Å²) < 4.78 is 0. The highest BCUT2D eigenvalue weighted by atomic mass is 16.2. The Hall–Kier alpha value is -3.91. The summed E-state index contributed by atoms with van der Waals surface area (Å²) in [4.78, 5) is 15.6. The molecule has 1 aliphatic heterocycles. The Bertz CT molecular complexity index is 1510. The Balaban J connectivity index is 1.57. The number of nitrogens with zero attached hydrogens (tertiary/aromatic N) is 1. The second-order valence-corrected chi connectivity index (χ2v) is 9.01. The minimum absolute atomic E-state index is 0.0264. The van der Waals surface area contributed by atoms with Crippen LogP contribution in [0.15, 0.2) is 103 Å². The molecule has 0 N–H and O–H groups in total. The summed E-state index contributed by atoms with van der Waals surface area (Å²) in [6, 6.07) is 36.2. The molecular weight excluding hydrogens is 402 g/mol. The van der Waals surface area contributed by atoms with Crippen molar-refractivity contribution in [2.45, 2.75) is 25.8 Å². The normalized spacial score (nSPS) is 15.7. The molecule has 1 unspecified atom stereocenters. The zero-order valence-corrected chi connectivity index (χ0v) is 18.7. The van der Waals surface area contributed by atoms with Crippen LogP contribution in [0.4, 0.5) is 5.69 Å². The van der Waals surface area contributed by atoms with Crippen LogP contribution in [-0.2, 0) is 11.3 Å². The van der Waals surface area contributed by atoms with E-state index in [0.29, 0.717) is 13.0 Å². The fourth-order valence-electron chi connectivity index (χ4n) is 5.39. The largest absolute Gasteiger partial charge is 0.308 e. The van der Waals surface area contributed by atoms with Crippen molar-refractivity contribution in [1.29, 1.82) is 0 Å². The summed E-state index contributed by atoms with van der Waals surface area (Å²) in [7, 11) is 0. The lowest BCUT2D eigenvalue weighted by atomic mass is 9.79. The summed E-state index contributed by atoms with van der Waals surface area (Å²) in [5.41, 5.74) is 5.89. The van der Waals surface area contributed by atoms with Crippen LogP contribution in [-0.4, -0.2) is 5.91 Å². The highest BCUT2D eigenvalue weighted by Crippen LogP contribution is 2.46. The third-order valence-electron chi connectivity index (χ3n) is 6.89. The summed E-state index contributed by atoms with van der Waals surface area (Å²) >= 11 is 0. The molecule has 33 heavy (non-hydrogen) atoms. The minimum atomic E-state index is 0.0264. The standard InChI is InChI=1S/C31H25NO/c1-21-8-6-9-22(18-21)20-32-29-17-16-24-11-3-5-14-26(24)31(29)28(19-30(32)33)27-15-7-12-23-10-2-4-13-25(23)27/h2-18,28H,19-20H2,1H3. The van der Waals surface area contributed by atoms with E-state index in [4.69, 9.17) is 0 Å². The lowest BCUT2D eigenvalue weighted by Gasteiger charge is -2.36. The van der Waals surface area contributed by atoms with Crippen LogP contribution in [0.3, 0.4) is 0 Å². The summed E-state index contributed by atoms with van der Waals surface area (Å²) in [6.45, 7) is 2.69. The van der Waals surface area contributed by atoms with Crippen molar-refractivity contribution in [2.24, 2.45) is 0 Å². The highest BCUT2D eigenvalue weighted by molar-refractivity contribution is 6.04. The lowest BCUT2D eigenvalue weighted by molar-refractivity contribution is -0.119. The van der Waals surface area contributed by atoms with E-state index in [-0.39, 0.29) is 11.8 Å². The molecule has 1 heterocycles. The number of benzene rings is 5.